The number of amides is 1. The fourth-order valence-corrected chi connectivity index (χ4v) is 2.46. The van der Waals surface area contributed by atoms with Gasteiger partial charge in [0.05, 0.1) is 0 Å². The summed E-state index contributed by atoms with van der Waals surface area (Å²) >= 11 is 0. The summed E-state index contributed by atoms with van der Waals surface area (Å²) in [5, 5.41) is 3.30. The topological polar surface area (TPSA) is 41.6 Å². The van der Waals surface area contributed by atoms with Crippen molar-refractivity contribution in [3.05, 3.63) is 0 Å². The zero-order chi connectivity index (χ0) is 13.8. The van der Waals surface area contributed by atoms with Crippen LogP contribution in [0, 0.1) is 5.41 Å². The van der Waals surface area contributed by atoms with E-state index in [1.807, 2.05) is 39.5 Å². The molecule has 1 N–H and O–H groups in total. The molecule has 4 nitrogen and oxygen atoms in total. The Labute approximate surface area is 111 Å². The maximum Gasteiger partial charge on any atom is 0.410 e. The van der Waals surface area contributed by atoms with Crippen molar-refractivity contribution < 1.29 is 9.53 Å². The summed E-state index contributed by atoms with van der Waals surface area (Å²) in [4.78, 5) is 13.8. The number of carbonyl (C=O) groups excluding carboxylic acids is 1. The van der Waals surface area contributed by atoms with E-state index in [-0.39, 0.29) is 11.7 Å². The van der Waals surface area contributed by atoms with E-state index in [2.05, 4.69) is 5.32 Å². The fraction of sp³-hybridized carbons (Fsp3) is 0.929. The van der Waals surface area contributed by atoms with Crippen molar-refractivity contribution in [1.29, 1.82) is 0 Å². The Hall–Kier alpha value is -0.770. The van der Waals surface area contributed by atoms with Crippen molar-refractivity contribution in [1.82, 2.24) is 10.2 Å². The molecule has 4 heteroatoms. The Morgan fingerprint density at radius 2 is 1.89 bits per heavy atom. The lowest BCUT2D eigenvalue weighted by molar-refractivity contribution is -0.00706. The van der Waals surface area contributed by atoms with E-state index in [0.717, 1.165) is 32.6 Å². The van der Waals surface area contributed by atoms with Gasteiger partial charge in [0.15, 0.2) is 0 Å². The molecule has 2 rings (SSSR count). The van der Waals surface area contributed by atoms with Crippen LogP contribution in [-0.2, 0) is 4.74 Å². The van der Waals surface area contributed by atoms with Crippen LogP contribution in [0.5, 0.6) is 0 Å². The number of nitrogens with one attached hydrogen (secondary N) is 1. The average Bonchev–Trinajstić information content (AvgIpc) is 2.28. The van der Waals surface area contributed by atoms with Crippen molar-refractivity contribution in [2.45, 2.75) is 53.1 Å². The molecule has 0 saturated carbocycles. The van der Waals surface area contributed by atoms with E-state index < -0.39 is 0 Å². The molecule has 0 aromatic carbocycles. The fourth-order valence-electron chi connectivity index (χ4n) is 2.46. The van der Waals surface area contributed by atoms with Crippen molar-refractivity contribution in [2.75, 3.05) is 26.2 Å². The number of rotatable bonds is 0. The Morgan fingerprint density at radius 1 is 1.28 bits per heavy atom. The van der Waals surface area contributed by atoms with Gasteiger partial charge in [0.2, 0.25) is 0 Å². The first-order chi connectivity index (χ1) is 8.40. The van der Waals surface area contributed by atoms with Gasteiger partial charge in [0.1, 0.15) is 5.60 Å². The maximum absolute atomic E-state index is 11.9. The van der Waals surface area contributed by atoms with Gasteiger partial charge in [-0.2, -0.15) is 0 Å². The molecule has 2 aliphatic rings. The first-order valence-electron chi connectivity index (χ1n) is 7.09. The second-order valence-corrected chi connectivity index (χ2v) is 6.11. The molecule has 1 spiro atoms. The van der Waals surface area contributed by atoms with E-state index in [4.69, 9.17) is 4.74 Å². The second-order valence-electron chi connectivity index (χ2n) is 6.11. The van der Waals surface area contributed by atoms with E-state index >= 15 is 0 Å². The number of hydrogen-bond acceptors (Lipinski definition) is 3. The molecular weight excluding hydrogens is 228 g/mol. The van der Waals surface area contributed by atoms with Crippen LogP contribution in [0.3, 0.4) is 0 Å². The van der Waals surface area contributed by atoms with E-state index in [9.17, 15) is 4.79 Å². The van der Waals surface area contributed by atoms with Crippen LogP contribution in [0.15, 0.2) is 0 Å². The molecule has 2 fully saturated rings. The number of nitrogens with zero attached hydrogens (tertiary/aromatic N) is 1. The summed E-state index contributed by atoms with van der Waals surface area (Å²) in [5.41, 5.74) is -0.0469. The van der Waals surface area contributed by atoms with Gasteiger partial charge < -0.3 is 15.0 Å². The third-order valence-electron chi connectivity index (χ3n) is 3.31. The first-order valence-corrected chi connectivity index (χ1v) is 7.09. The Balaban J connectivity index is 0.000000771. The monoisotopic (exact) mass is 256 g/mol. The van der Waals surface area contributed by atoms with Crippen molar-refractivity contribution in [3.8, 4) is 0 Å². The van der Waals surface area contributed by atoms with Gasteiger partial charge in [0.25, 0.3) is 0 Å². The lowest BCUT2D eigenvalue weighted by Crippen LogP contribution is -2.62. The zero-order valence-corrected chi connectivity index (χ0v) is 12.5. The lowest BCUT2D eigenvalue weighted by Gasteiger charge is -2.49. The number of hydrogen-bond donors (Lipinski definition) is 1. The lowest BCUT2D eigenvalue weighted by atomic mass is 9.75. The van der Waals surface area contributed by atoms with Gasteiger partial charge in [-0.1, -0.05) is 13.8 Å². The van der Waals surface area contributed by atoms with Gasteiger partial charge in [-0.05, 0) is 33.6 Å². The molecule has 0 aromatic heterocycles. The summed E-state index contributed by atoms with van der Waals surface area (Å²) < 4.78 is 5.41. The van der Waals surface area contributed by atoms with Gasteiger partial charge >= 0.3 is 6.09 Å². The molecule has 0 aromatic rings. The molecule has 2 heterocycles. The summed E-state index contributed by atoms with van der Waals surface area (Å²) in [6, 6.07) is 0. The Bertz CT molecular complexity index is 280. The van der Waals surface area contributed by atoms with Gasteiger partial charge in [-0.3, -0.25) is 0 Å². The molecular formula is C14H28N2O2. The van der Waals surface area contributed by atoms with Crippen molar-refractivity contribution >= 4 is 6.09 Å². The molecule has 0 unspecified atom stereocenters. The van der Waals surface area contributed by atoms with Crippen LogP contribution < -0.4 is 5.32 Å². The molecule has 0 atom stereocenters. The molecule has 0 aliphatic carbocycles. The standard InChI is InChI=1S/C12H22N2O2.C2H6/c1-11(2,3)16-10(15)14-6-4-5-12(9-14)7-13-8-12;1-2/h13H,4-9H2,1-3H3;1-2H3. The van der Waals surface area contributed by atoms with E-state index in [1.165, 1.54) is 6.42 Å². The van der Waals surface area contributed by atoms with Crippen LogP contribution in [0.4, 0.5) is 4.79 Å². The Kier molecular flexibility index (Phi) is 5.02. The normalized spacial score (nSPS) is 21.7. The largest absolute Gasteiger partial charge is 0.444 e. The first kappa shape index (κ1) is 15.3. The van der Waals surface area contributed by atoms with Crippen LogP contribution >= 0.6 is 0 Å². The molecule has 1 amide bonds. The highest BCUT2D eigenvalue weighted by Gasteiger charge is 2.42. The van der Waals surface area contributed by atoms with E-state index in [0.29, 0.717) is 5.41 Å². The van der Waals surface area contributed by atoms with Crippen LogP contribution in [0.1, 0.15) is 47.5 Å². The smallest absolute Gasteiger partial charge is 0.410 e. The molecule has 0 bridgehead atoms. The summed E-state index contributed by atoms with van der Waals surface area (Å²) in [5.74, 6) is 0. The van der Waals surface area contributed by atoms with Crippen LogP contribution in [-0.4, -0.2) is 42.8 Å². The third-order valence-corrected chi connectivity index (χ3v) is 3.31. The highest BCUT2D eigenvalue weighted by Crippen LogP contribution is 2.33. The Morgan fingerprint density at radius 3 is 2.33 bits per heavy atom. The predicted octanol–water partition coefficient (Wildman–Crippen LogP) is 2.63. The molecule has 18 heavy (non-hydrogen) atoms. The molecule has 2 aliphatic heterocycles. The third kappa shape index (κ3) is 3.87. The minimum absolute atomic E-state index is 0.154. The van der Waals surface area contributed by atoms with Crippen LogP contribution in [0.25, 0.3) is 0 Å². The van der Waals surface area contributed by atoms with E-state index in [1.54, 1.807) is 0 Å². The second kappa shape index (κ2) is 5.91. The number of piperidine rings is 1. The molecule has 2 saturated heterocycles. The minimum Gasteiger partial charge on any atom is -0.444 e. The van der Waals surface area contributed by atoms with Crippen LogP contribution in [0.2, 0.25) is 0 Å². The summed E-state index contributed by atoms with van der Waals surface area (Å²) in [7, 11) is 0. The number of carbonyl (C=O) groups is 1. The molecule has 0 radical (unpaired) electrons. The van der Waals surface area contributed by atoms with Crippen molar-refractivity contribution in [3.63, 3.8) is 0 Å². The number of ether oxygens (including phenoxy) is 1. The average molecular weight is 256 g/mol. The van der Waals surface area contributed by atoms with Crippen molar-refractivity contribution in [2.24, 2.45) is 5.41 Å². The highest BCUT2D eigenvalue weighted by atomic mass is 16.6. The quantitative estimate of drug-likeness (QED) is 0.724. The predicted molar refractivity (Wildman–Crippen MR) is 73.7 cm³/mol. The van der Waals surface area contributed by atoms with Gasteiger partial charge in [0, 0.05) is 31.6 Å². The minimum atomic E-state index is -0.389. The zero-order valence-electron chi connectivity index (χ0n) is 12.5. The van der Waals surface area contributed by atoms with Gasteiger partial charge in [-0.15, -0.1) is 0 Å². The summed E-state index contributed by atoms with van der Waals surface area (Å²) in [6.07, 6.45) is 2.18. The maximum atomic E-state index is 11.9. The summed E-state index contributed by atoms with van der Waals surface area (Å²) in [6.45, 7) is 13.5. The van der Waals surface area contributed by atoms with Gasteiger partial charge in [-0.25, -0.2) is 4.79 Å². The highest BCUT2D eigenvalue weighted by molar-refractivity contribution is 5.68. The number of likely N-dealkylation sites (tertiary alicyclic amines) is 1. The SMILES string of the molecule is CC.CC(C)(C)OC(=O)N1CCCC2(CNC2)C1. The molecule has 106 valence electrons.